The summed E-state index contributed by atoms with van der Waals surface area (Å²) in [7, 11) is -1.33. The van der Waals surface area contributed by atoms with Gasteiger partial charge in [0, 0.05) is 18.6 Å². The van der Waals surface area contributed by atoms with E-state index in [9.17, 15) is 8.42 Å². The molecule has 0 unspecified atom stereocenters. The zero-order valence-corrected chi connectivity index (χ0v) is 13.3. The van der Waals surface area contributed by atoms with Crippen LogP contribution < -0.4 is 5.32 Å². The van der Waals surface area contributed by atoms with Crippen LogP contribution in [0.25, 0.3) is 0 Å². The van der Waals surface area contributed by atoms with Crippen molar-refractivity contribution in [3.8, 4) is 0 Å². The molecule has 0 aromatic heterocycles. The van der Waals surface area contributed by atoms with Gasteiger partial charge in [-0.2, -0.15) is 4.31 Å². The normalized spacial score (nSPS) is 19.4. The molecular formula is C15H24N2O2S. The Morgan fingerprint density at radius 2 is 1.80 bits per heavy atom. The SMILES string of the molecule is CNCc1ccc(CS(=O)(=O)N2CCCC2(C)C)cc1. The highest BCUT2D eigenvalue weighted by Gasteiger charge is 2.39. The largest absolute Gasteiger partial charge is 0.316 e. The monoisotopic (exact) mass is 296 g/mol. The maximum absolute atomic E-state index is 12.5. The zero-order valence-electron chi connectivity index (χ0n) is 12.5. The molecule has 0 saturated carbocycles. The van der Waals surface area contributed by atoms with Crippen LogP contribution in [0.4, 0.5) is 0 Å². The molecule has 5 heteroatoms. The second-order valence-electron chi connectivity index (χ2n) is 6.09. The van der Waals surface area contributed by atoms with E-state index in [0.717, 1.165) is 30.5 Å². The lowest BCUT2D eigenvalue weighted by atomic mass is 10.0. The Kier molecular flexibility index (Phi) is 4.52. The van der Waals surface area contributed by atoms with Crippen LogP contribution in [0.1, 0.15) is 37.8 Å². The number of hydrogen-bond acceptors (Lipinski definition) is 3. The van der Waals surface area contributed by atoms with Crippen LogP contribution in [0.5, 0.6) is 0 Å². The van der Waals surface area contributed by atoms with Gasteiger partial charge in [-0.25, -0.2) is 8.42 Å². The third-order valence-corrected chi connectivity index (χ3v) is 5.96. The Labute approximate surface area is 122 Å². The van der Waals surface area contributed by atoms with Gasteiger partial charge in [-0.05, 0) is 44.9 Å². The second-order valence-corrected chi connectivity index (χ2v) is 7.98. The molecule has 0 spiro atoms. The summed E-state index contributed by atoms with van der Waals surface area (Å²) in [5.74, 6) is 0.0935. The van der Waals surface area contributed by atoms with Crippen LogP contribution in [-0.2, 0) is 22.3 Å². The van der Waals surface area contributed by atoms with Crippen LogP contribution in [0.2, 0.25) is 0 Å². The van der Waals surface area contributed by atoms with Crippen LogP contribution in [0, 0.1) is 0 Å². The number of rotatable bonds is 5. The minimum Gasteiger partial charge on any atom is -0.316 e. The minimum atomic E-state index is -3.23. The quantitative estimate of drug-likeness (QED) is 0.905. The highest BCUT2D eigenvalue weighted by Crippen LogP contribution is 2.32. The molecule has 0 bridgehead atoms. The molecule has 0 atom stereocenters. The lowest BCUT2D eigenvalue weighted by molar-refractivity contribution is 0.291. The lowest BCUT2D eigenvalue weighted by Crippen LogP contribution is -2.43. The predicted molar refractivity (Wildman–Crippen MR) is 81.8 cm³/mol. The van der Waals surface area contributed by atoms with Gasteiger partial charge in [-0.15, -0.1) is 0 Å². The number of nitrogens with one attached hydrogen (secondary N) is 1. The molecule has 1 heterocycles. The fourth-order valence-corrected chi connectivity index (χ4v) is 4.87. The van der Waals surface area contributed by atoms with E-state index in [4.69, 9.17) is 0 Å². The molecule has 1 aliphatic rings. The van der Waals surface area contributed by atoms with Gasteiger partial charge in [0.2, 0.25) is 10.0 Å². The Hall–Kier alpha value is -0.910. The Morgan fingerprint density at radius 3 is 2.30 bits per heavy atom. The molecule has 2 rings (SSSR count). The summed E-state index contributed by atoms with van der Waals surface area (Å²) in [4.78, 5) is 0. The first-order chi connectivity index (χ1) is 9.35. The number of nitrogens with zero attached hydrogens (tertiary/aromatic N) is 1. The number of hydrogen-bond donors (Lipinski definition) is 1. The van der Waals surface area contributed by atoms with E-state index in [1.54, 1.807) is 4.31 Å². The average Bonchev–Trinajstić information content (AvgIpc) is 2.72. The molecule has 1 aliphatic heterocycles. The van der Waals surface area contributed by atoms with Crippen molar-refractivity contribution in [2.45, 2.75) is 44.5 Å². The van der Waals surface area contributed by atoms with Gasteiger partial charge in [0.25, 0.3) is 0 Å². The topological polar surface area (TPSA) is 49.4 Å². The second kappa shape index (κ2) is 5.84. The Bertz CT molecular complexity index is 550. The van der Waals surface area contributed by atoms with Crippen molar-refractivity contribution in [1.29, 1.82) is 0 Å². The van der Waals surface area contributed by atoms with Crippen LogP contribution in [-0.4, -0.2) is 31.9 Å². The molecule has 1 saturated heterocycles. The smallest absolute Gasteiger partial charge is 0.218 e. The van der Waals surface area contributed by atoms with Crippen LogP contribution in [0.3, 0.4) is 0 Å². The third-order valence-electron chi connectivity index (χ3n) is 3.91. The minimum absolute atomic E-state index is 0.0935. The highest BCUT2D eigenvalue weighted by atomic mass is 32.2. The van der Waals surface area contributed by atoms with Crippen molar-refractivity contribution < 1.29 is 8.42 Å². The van der Waals surface area contributed by atoms with Crippen molar-refractivity contribution >= 4 is 10.0 Å². The van der Waals surface area contributed by atoms with E-state index in [-0.39, 0.29) is 11.3 Å². The first kappa shape index (κ1) is 15.5. The molecule has 1 aromatic rings. The summed E-state index contributed by atoms with van der Waals surface area (Å²) >= 11 is 0. The van der Waals surface area contributed by atoms with E-state index >= 15 is 0 Å². The maximum atomic E-state index is 12.5. The van der Waals surface area contributed by atoms with E-state index in [2.05, 4.69) is 5.32 Å². The first-order valence-corrected chi connectivity index (χ1v) is 8.69. The van der Waals surface area contributed by atoms with Gasteiger partial charge in [0.15, 0.2) is 0 Å². The lowest BCUT2D eigenvalue weighted by Gasteiger charge is -2.30. The molecule has 0 aliphatic carbocycles. The van der Waals surface area contributed by atoms with E-state index in [1.165, 1.54) is 0 Å². The molecule has 20 heavy (non-hydrogen) atoms. The van der Waals surface area contributed by atoms with E-state index in [0.29, 0.717) is 6.54 Å². The number of benzene rings is 1. The predicted octanol–water partition coefficient (Wildman–Crippen LogP) is 2.11. The van der Waals surface area contributed by atoms with Crippen molar-refractivity contribution in [3.05, 3.63) is 35.4 Å². The van der Waals surface area contributed by atoms with Crippen LogP contribution >= 0.6 is 0 Å². The van der Waals surface area contributed by atoms with E-state index in [1.807, 2.05) is 45.2 Å². The Morgan fingerprint density at radius 1 is 1.20 bits per heavy atom. The van der Waals surface area contributed by atoms with Gasteiger partial charge in [0.05, 0.1) is 5.75 Å². The van der Waals surface area contributed by atoms with Crippen molar-refractivity contribution in [3.63, 3.8) is 0 Å². The maximum Gasteiger partial charge on any atom is 0.218 e. The van der Waals surface area contributed by atoms with Crippen molar-refractivity contribution in [2.24, 2.45) is 0 Å². The molecule has 0 amide bonds. The molecule has 1 fully saturated rings. The van der Waals surface area contributed by atoms with Gasteiger partial charge in [0.1, 0.15) is 0 Å². The van der Waals surface area contributed by atoms with Crippen molar-refractivity contribution in [2.75, 3.05) is 13.6 Å². The standard InChI is InChI=1S/C15H24N2O2S/c1-15(2)9-4-10-17(15)20(18,19)12-14-7-5-13(6-8-14)11-16-3/h5-8,16H,4,9-12H2,1-3H3. The van der Waals surface area contributed by atoms with Crippen LogP contribution in [0.15, 0.2) is 24.3 Å². The fraction of sp³-hybridized carbons (Fsp3) is 0.600. The summed E-state index contributed by atoms with van der Waals surface area (Å²) in [6.07, 6.45) is 1.89. The van der Waals surface area contributed by atoms with Gasteiger partial charge >= 0.3 is 0 Å². The zero-order chi connectivity index (χ0) is 14.8. The summed E-state index contributed by atoms with van der Waals surface area (Å²) in [6.45, 7) is 5.46. The first-order valence-electron chi connectivity index (χ1n) is 7.08. The van der Waals surface area contributed by atoms with Gasteiger partial charge in [-0.1, -0.05) is 24.3 Å². The van der Waals surface area contributed by atoms with E-state index < -0.39 is 10.0 Å². The number of sulfonamides is 1. The molecule has 112 valence electrons. The Balaban J connectivity index is 2.12. The van der Waals surface area contributed by atoms with Crippen molar-refractivity contribution in [1.82, 2.24) is 9.62 Å². The molecule has 1 N–H and O–H groups in total. The molecule has 0 radical (unpaired) electrons. The highest BCUT2D eigenvalue weighted by molar-refractivity contribution is 7.88. The average molecular weight is 296 g/mol. The molecule has 1 aromatic carbocycles. The third kappa shape index (κ3) is 3.40. The summed E-state index contributed by atoms with van der Waals surface area (Å²) in [6, 6.07) is 7.79. The molecular weight excluding hydrogens is 272 g/mol. The summed E-state index contributed by atoms with van der Waals surface area (Å²) in [5.41, 5.74) is 1.77. The van der Waals surface area contributed by atoms with Gasteiger partial charge in [-0.3, -0.25) is 0 Å². The summed E-state index contributed by atoms with van der Waals surface area (Å²) < 4.78 is 26.8. The fourth-order valence-electron chi connectivity index (χ4n) is 2.84. The summed E-state index contributed by atoms with van der Waals surface area (Å²) in [5, 5.41) is 3.08. The molecule has 4 nitrogen and oxygen atoms in total. The van der Waals surface area contributed by atoms with Gasteiger partial charge < -0.3 is 5.32 Å².